The second-order valence-corrected chi connectivity index (χ2v) is 7.85. The number of sulfone groups is 1. The van der Waals surface area contributed by atoms with E-state index in [1.54, 1.807) is 18.3 Å². The number of aliphatic hydroxyl groups is 1. The average Bonchev–Trinajstić information content (AvgIpc) is 2.41. The molecular formula is C14H22N2O3S. The zero-order valence-corrected chi connectivity index (χ0v) is 12.8. The Hall–Kier alpha value is -1.14. The molecular weight excluding hydrogens is 276 g/mol. The van der Waals surface area contributed by atoms with Gasteiger partial charge in [0.1, 0.15) is 10.7 Å². The van der Waals surface area contributed by atoms with Gasteiger partial charge in [-0.3, -0.25) is 0 Å². The highest BCUT2D eigenvalue weighted by molar-refractivity contribution is 7.90. The summed E-state index contributed by atoms with van der Waals surface area (Å²) in [5.41, 5.74) is -0.458. The minimum atomic E-state index is -3.34. The molecule has 1 aromatic heterocycles. The third kappa shape index (κ3) is 3.30. The van der Waals surface area contributed by atoms with Crippen LogP contribution in [0.3, 0.4) is 0 Å². The first-order valence-electron chi connectivity index (χ1n) is 6.90. The lowest BCUT2D eigenvalue weighted by Gasteiger charge is -2.39. The van der Waals surface area contributed by atoms with Gasteiger partial charge in [0.05, 0.1) is 12.1 Å². The molecule has 1 saturated carbocycles. The molecule has 2 N–H and O–H groups in total. The number of pyridine rings is 1. The van der Waals surface area contributed by atoms with Crippen LogP contribution in [-0.4, -0.2) is 36.9 Å². The van der Waals surface area contributed by atoms with Crippen LogP contribution in [0.1, 0.15) is 32.6 Å². The van der Waals surface area contributed by atoms with E-state index in [1.165, 1.54) is 6.26 Å². The summed E-state index contributed by atoms with van der Waals surface area (Å²) in [6.45, 7) is 2.18. The third-order valence-electron chi connectivity index (χ3n) is 4.09. The number of hydrogen-bond donors (Lipinski definition) is 2. The molecule has 0 bridgehead atoms. The fourth-order valence-corrected chi connectivity index (χ4v) is 3.45. The molecule has 6 heteroatoms. The molecule has 0 radical (unpaired) electrons. The van der Waals surface area contributed by atoms with Crippen LogP contribution in [0.25, 0.3) is 0 Å². The van der Waals surface area contributed by atoms with Crippen molar-refractivity contribution in [2.24, 2.45) is 5.92 Å². The fourth-order valence-electron chi connectivity index (χ4n) is 2.67. The number of nitrogens with one attached hydrogen (secondary N) is 1. The molecule has 1 fully saturated rings. The summed E-state index contributed by atoms with van der Waals surface area (Å²) < 4.78 is 23.6. The van der Waals surface area contributed by atoms with Crippen molar-refractivity contribution in [3.8, 4) is 0 Å². The van der Waals surface area contributed by atoms with E-state index in [0.717, 1.165) is 25.7 Å². The number of aromatic nitrogens is 1. The van der Waals surface area contributed by atoms with Crippen molar-refractivity contribution >= 4 is 15.7 Å². The smallest absolute Gasteiger partial charge is 0.179 e. The van der Waals surface area contributed by atoms with Gasteiger partial charge in [0.15, 0.2) is 9.84 Å². The Morgan fingerprint density at radius 3 is 2.65 bits per heavy atom. The maximum absolute atomic E-state index is 11.8. The van der Waals surface area contributed by atoms with E-state index < -0.39 is 15.4 Å². The van der Waals surface area contributed by atoms with Gasteiger partial charge >= 0.3 is 0 Å². The standard InChI is InChI=1S/C14H22N2O3S/c1-11-5-7-14(10-17,8-6-11)16-13-12(20(2,18)19)4-3-9-15-13/h3-4,9,11,17H,5-8,10H2,1-2H3,(H,15,16). The predicted molar refractivity (Wildman–Crippen MR) is 78.4 cm³/mol. The lowest BCUT2D eigenvalue weighted by molar-refractivity contribution is 0.155. The van der Waals surface area contributed by atoms with Crippen molar-refractivity contribution in [2.75, 3.05) is 18.2 Å². The minimum absolute atomic E-state index is 0.0144. The Balaban J connectivity index is 2.29. The van der Waals surface area contributed by atoms with Crippen molar-refractivity contribution in [1.82, 2.24) is 4.98 Å². The SMILES string of the molecule is CC1CCC(CO)(Nc2ncccc2S(C)(=O)=O)CC1. The molecule has 1 heterocycles. The van der Waals surface area contributed by atoms with Crippen LogP contribution in [0.5, 0.6) is 0 Å². The van der Waals surface area contributed by atoms with Gasteiger partial charge in [-0.05, 0) is 43.7 Å². The highest BCUT2D eigenvalue weighted by Gasteiger charge is 2.34. The van der Waals surface area contributed by atoms with Crippen LogP contribution in [0, 0.1) is 5.92 Å². The Morgan fingerprint density at radius 2 is 2.10 bits per heavy atom. The van der Waals surface area contributed by atoms with Crippen LogP contribution < -0.4 is 5.32 Å². The monoisotopic (exact) mass is 298 g/mol. The Bertz CT molecular complexity index is 564. The van der Waals surface area contributed by atoms with Crippen LogP contribution in [0.2, 0.25) is 0 Å². The molecule has 0 atom stereocenters. The molecule has 0 unspecified atom stereocenters. The van der Waals surface area contributed by atoms with E-state index in [2.05, 4.69) is 17.2 Å². The molecule has 112 valence electrons. The van der Waals surface area contributed by atoms with Gasteiger partial charge < -0.3 is 10.4 Å². The first kappa shape index (κ1) is 15.3. The van der Waals surface area contributed by atoms with E-state index in [0.29, 0.717) is 11.7 Å². The topological polar surface area (TPSA) is 79.3 Å². The third-order valence-corrected chi connectivity index (χ3v) is 5.22. The van der Waals surface area contributed by atoms with Gasteiger partial charge in [-0.25, -0.2) is 13.4 Å². The molecule has 0 spiro atoms. The summed E-state index contributed by atoms with van der Waals surface area (Å²) in [7, 11) is -3.34. The molecule has 2 rings (SSSR count). The van der Waals surface area contributed by atoms with Crippen LogP contribution in [0.4, 0.5) is 5.82 Å². The number of hydrogen-bond acceptors (Lipinski definition) is 5. The fraction of sp³-hybridized carbons (Fsp3) is 0.643. The normalized spacial score (nSPS) is 27.2. The van der Waals surface area contributed by atoms with Crippen LogP contribution in [0.15, 0.2) is 23.2 Å². The van der Waals surface area contributed by atoms with Crippen molar-refractivity contribution in [2.45, 2.75) is 43.0 Å². The van der Waals surface area contributed by atoms with Gasteiger partial charge in [0, 0.05) is 12.5 Å². The Labute approximate surface area is 120 Å². The number of nitrogens with zero attached hydrogens (tertiary/aromatic N) is 1. The highest BCUT2D eigenvalue weighted by atomic mass is 32.2. The van der Waals surface area contributed by atoms with E-state index in [-0.39, 0.29) is 11.5 Å². The first-order valence-corrected chi connectivity index (χ1v) is 8.79. The van der Waals surface area contributed by atoms with E-state index in [4.69, 9.17) is 0 Å². The Kier molecular flexibility index (Phi) is 4.34. The molecule has 1 aromatic rings. The van der Waals surface area contributed by atoms with E-state index in [1.807, 2.05) is 0 Å². The predicted octanol–water partition coefficient (Wildman–Crippen LogP) is 1.84. The quantitative estimate of drug-likeness (QED) is 0.886. The van der Waals surface area contributed by atoms with Gasteiger partial charge in [0.2, 0.25) is 0 Å². The average molecular weight is 298 g/mol. The van der Waals surface area contributed by atoms with Crippen LogP contribution >= 0.6 is 0 Å². The summed E-state index contributed by atoms with van der Waals surface area (Å²) >= 11 is 0. The summed E-state index contributed by atoms with van der Waals surface area (Å²) in [5, 5.41) is 12.9. The zero-order valence-electron chi connectivity index (χ0n) is 12.0. The maximum Gasteiger partial charge on any atom is 0.179 e. The van der Waals surface area contributed by atoms with Crippen molar-refractivity contribution < 1.29 is 13.5 Å². The minimum Gasteiger partial charge on any atom is -0.394 e. The molecule has 0 aliphatic heterocycles. The second-order valence-electron chi connectivity index (χ2n) is 5.87. The molecule has 0 amide bonds. The van der Waals surface area contributed by atoms with Crippen molar-refractivity contribution in [3.05, 3.63) is 18.3 Å². The van der Waals surface area contributed by atoms with Gasteiger partial charge in [0.25, 0.3) is 0 Å². The highest BCUT2D eigenvalue weighted by Crippen LogP contribution is 2.35. The van der Waals surface area contributed by atoms with Crippen molar-refractivity contribution in [3.63, 3.8) is 0 Å². The van der Waals surface area contributed by atoms with Crippen LogP contribution in [-0.2, 0) is 9.84 Å². The second kappa shape index (κ2) is 5.69. The number of aliphatic hydroxyl groups excluding tert-OH is 1. The molecule has 20 heavy (non-hydrogen) atoms. The largest absolute Gasteiger partial charge is 0.394 e. The molecule has 5 nitrogen and oxygen atoms in total. The summed E-state index contributed by atoms with van der Waals surface area (Å²) in [6, 6.07) is 3.15. The lowest BCUT2D eigenvalue weighted by Crippen LogP contribution is -2.45. The first-order chi connectivity index (χ1) is 9.36. The number of rotatable bonds is 4. The maximum atomic E-state index is 11.8. The van der Waals surface area contributed by atoms with Crippen molar-refractivity contribution in [1.29, 1.82) is 0 Å². The molecule has 1 aliphatic rings. The summed E-state index contributed by atoms with van der Waals surface area (Å²) in [4.78, 5) is 4.34. The van der Waals surface area contributed by atoms with Gasteiger partial charge in [-0.2, -0.15) is 0 Å². The lowest BCUT2D eigenvalue weighted by atomic mass is 9.77. The Morgan fingerprint density at radius 1 is 1.45 bits per heavy atom. The van der Waals surface area contributed by atoms with E-state index in [9.17, 15) is 13.5 Å². The number of anilines is 1. The molecule has 0 aromatic carbocycles. The van der Waals surface area contributed by atoms with Gasteiger partial charge in [-0.1, -0.05) is 6.92 Å². The summed E-state index contributed by atoms with van der Waals surface area (Å²) in [5.74, 6) is 0.994. The zero-order chi connectivity index (χ0) is 14.8. The molecule has 1 aliphatic carbocycles. The van der Waals surface area contributed by atoms with E-state index >= 15 is 0 Å². The summed E-state index contributed by atoms with van der Waals surface area (Å²) in [6.07, 6.45) is 6.43. The van der Waals surface area contributed by atoms with Gasteiger partial charge in [-0.15, -0.1) is 0 Å². The molecule has 0 saturated heterocycles.